The minimum atomic E-state index is -3.82. The Morgan fingerprint density at radius 3 is 2.31 bits per heavy atom. The van der Waals surface area contributed by atoms with E-state index < -0.39 is 21.8 Å². The summed E-state index contributed by atoms with van der Waals surface area (Å²) in [6.45, 7) is 0.126. The normalized spacial score (nSPS) is 11.0. The molecule has 0 unspecified atom stereocenters. The van der Waals surface area contributed by atoms with Crippen molar-refractivity contribution >= 4 is 45.2 Å². The Kier molecular flexibility index (Phi) is 8.29. The first-order valence-electron chi connectivity index (χ1n) is 9.45. The van der Waals surface area contributed by atoms with Gasteiger partial charge in [0.2, 0.25) is 15.9 Å². The molecule has 3 aromatic carbocycles. The SMILES string of the molecule is O=C(CSc1ccc(Cl)cc1)NNC(=O)c1cccc(S(=O)(=O)NCc2ccccc2)c1. The molecule has 0 aliphatic carbocycles. The highest BCUT2D eigenvalue weighted by molar-refractivity contribution is 8.00. The van der Waals surface area contributed by atoms with E-state index in [1.54, 1.807) is 36.4 Å². The second-order valence-electron chi connectivity index (χ2n) is 6.58. The fourth-order valence-electron chi connectivity index (χ4n) is 2.58. The van der Waals surface area contributed by atoms with Gasteiger partial charge >= 0.3 is 0 Å². The van der Waals surface area contributed by atoms with Gasteiger partial charge in [0.1, 0.15) is 0 Å². The summed E-state index contributed by atoms with van der Waals surface area (Å²) < 4.78 is 27.6. The fraction of sp³-hybridized carbons (Fsp3) is 0.0909. The first-order valence-corrected chi connectivity index (χ1v) is 12.3. The number of carbonyl (C=O) groups excluding carboxylic acids is 2. The van der Waals surface area contributed by atoms with Crippen LogP contribution in [0.5, 0.6) is 0 Å². The molecule has 3 rings (SSSR count). The molecule has 0 aliphatic rings. The lowest BCUT2D eigenvalue weighted by atomic mass is 10.2. The lowest BCUT2D eigenvalue weighted by molar-refractivity contribution is -0.119. The van der Waals surface area contributed by atoms with E-state index in [0.717, 1.165) is 10.5 Å². The van der Waals surface area contributed by atoms with Crippen LogP contribution in [0.4, 0.5) is 0 Å². The zero-order valence-electron chi connectivity index (χ0n) is 16.7. The Morgan fingerprint density at radius 1 is 0.875 bits per heavy atom. The third-order valence-corrected chi connectivity index (χ3v) is 6.88. The number of benzene rings is 3. The maximum absolute atomic E-state index is 12.6. The zero-order chi connectivity index (χ0) is 23.0. The maximum Gasteiger partial charge on any atom is 0.269 e. The van der Waals surface area contributed by atoms with E-state index in [0.29, 0.717) is 5.02 Å². The van der Waals surface area contributed by atoms with Crippen LogP contribution in [0.25, 0.3) is 0 Å². The second-order valence-corrected chi connectivity index (χ2v) is 9.84. The average Bonchev–Trinajstić information content (AvgIpc) is 2.81. The molecule has 10 heteroatoms. The Labute approximate surface area is 195 Å². The minimum absolute atomic E-state index is 0.0503. The molecule has 0 aromatic heterocycles. The lowest BCUT2D eigenvalue weighted by Crippen LogP contribution is -2.42. The molecule has 0 aliphatic heterocycles. The van der Waals surface area contributed by atoms with Crippen molar-refractivity contribution in [2.75, 3.05) is 5.75 Å². The van der Waals surface area contributed by atoms with Gasteiger partial charge in [-0.1, -0.05) is 48.0 Å². The van der Waals surface area contributed by atoms with Crippen molar-refractivity contribution < 1.29 is 18.0 Å². The van der Waals surface area contributed by atoms with Crippen LogP contribution in [0.3, 0.4) is 0 Å². The highest BCUT2D eigenvalue weighted by Crippen LogP contribution is 2.19. The van der Waals surface area contributed by atoms with E-state index in [1.807, 2.05) is 18.2 Å². The Bertz CT molecular complexity index is 1190. The van der Waals surface area contributed by atoms with Gasteiger partial charge in [-0.15, -0.1) is 11.8 Å². The van der Waals surface area contributed by atoms with Gasteiger partial charge in [0.05, 0.1) is 10.6 Å². The van der Waals surface area contributed by atoms with Crippen LogP contribution in [0.2, 0.25) is 5.02 Å². The molecule has 32 heavy (non-hydrogen) atoms. The summed E-state index contributed by atoms with van der Waals surface area (Å²) in [5, 5.41) is 0.602. The highest BCUT2D eigenvalue weighted by Gasteiger charge is 2.16. The van der Waals surface area contributed by atoms with Crippen molar-refractivity contribution in [3.8, 4) is 0 Å². The predicted octanol–water partition coefficient (Wildman–Crippen LogP) is 3.37. The molecule has 0 atom stereocenters. The van der Waals surface area contributed by atoms with Crippen LogP contribution in [0, 0.1) is 0 Å². The van der Waals surface area contributed by atoms with Gasteiger partial charge in [-0.3, -0.25) is 20.4 Å². The number of amides is 2. The Morgan fingerprint density at radius 2 is 1.59 bits per heavy atom. The van der Waals surface area contributed by atoms with Gasteiger partial charge in [0.25, 0.3) is 5.91 Å². The summed E-state index contributed by atoms with van der Waals surface area (Å²) in [6.07, 6.45) is 0. The summed E-state index contributed by atoms with van der Waals surface area (Å²) >= 11 is 7.11. The Balaban J connectivity index is 1.53. The van der Waals surface area contributed by atoms with Gasteiger partial charge in [-0.05, 0) is 48.0 Å². The smallest absolute Gasteiger partial charge is 0.269 e. The van der Waals surface area contributed by atoms with E-state index >= 15 is 0 Å². The van der Waals surface area contributed by atoms with Crippen LogP contribution < -0.4 is 15.6 Å². The number of halogens is 1. The van der Waals surface area contributed by atoms with Gasteiger partial charge in [0, 0.05) is 22.0 Å². The van der Waals surface area contributed by atoms with E-state index in [4.69, 9.17) is 11.6 Å². The van der Waals surface area contributed by atoms with Gasteiger partial charge in [0.15, 0.2) is 0 Å². The summed E-state index contributed by atoms with van der Waals surface area (Å²) in [5.41, 5.74) is 5.51. The van der Waals surface area contributed by atoms with Crippen molar-refractivity contribution in [2.24, 2.45) is 0 Å². The molecule has 0 bridgehead atoms. The van der Waals surface area contributed by atoms with Crippen molar-refractivity contribution in [1.82, 2.24) is 15.6 Å². The molecule has 0 radical (unpaired) electrons. The molecular formula is C22H20ClN3O4S2. The molecule has 0 saturated heterocycles. The number of sulfonamides is 1. The third kappa shape index (κ3) is 7.10. The van der Waals surface area contributed by atoms with Crippen LogP contribution in [-0.2, 0) is 21.4 Å². The number of nitrogens with one attached hydrogen (secondary N) is 3. The molecule has 0 fully saturated rings. The number of hydrazine groups is 1. The predicted molar refractivity (Wildman–Crippen MR) is 125 cm³/mol. The quantitative estimate of drug-likeness (QED) is 0.332. The largest absolute Gasteiger partial charge is 0.272 e. The van der Waals surface area contributed by atoms with Crippen molar-refractivity contribution in [2.45, 2.75) is 16.3 Å². The lowest BCUT2D eigenvalue weighted by Gasteiger charge is -2.10. The molecular weight excluding hydrogens is 470 g/mol. The van der Waals surface area contributed by atoms with Crippen molar-refractivity contribution in [1.29, 1.82) is 0 Å². The second kappa shape index (κ2) is 11.1. The van der Waals surface area contributed by atoms with Crippen LogP contribution in [0.15, 0.2) is 88.7 Å². The highest BCUT2D eigenvalue weighted by atomic mass is 35.5. The standard InChI is InChI=1S/C22H20ClN3O4S2/c23-18-9-11-19(12-10-18)31-15-21(27)25-26-22(28)17-7-4-8-20(13-17)32(29,30)24-14-16-5-2-1-3-6-16/h1-13,24H,14-15H2,(H,25,27)(H,26,28). The summed E-state index contributed by atoms with van der Waals surface area (Å²) in [6, 6.07) is 21.7. The number of hydrogen-bond donors (Lipinski definition) is 3. The van der Waals surface area contributed by atoms with E-state index in [2.05, 4.69) is 15.6 Å². The van der Waals surface area contributed by atoms with E-state index in [1.165, 1.54) is 36.0 Å². The number of thioether (sulfide) groups is 1. The molecule has 166 valence electrons. The number of rotatable bonds is 8. The fourth-order valence-corrected chi connectivity index (χ4v) is 4.46. The minimum Gasteiger partial charge on any atom is -0.272 e. The molecule has 3 aromatic rings. The number of hydrogen-bond acceptors (Lipinski definition) is 5. The first-order chi connectivity index (χ1) is 15.3. The topological polar surface area (TPSA) is 104 Å². The summed E-state index contributed by atoms with van der Waals surface area (Å²) in [7, 11) is -3.82. The van der Waals surface area contributed by atoms with E-state index in [9.17, 15) is 18.0 Å². The van der Waals surface area contributed by atoms with Crippen LogP contribution in [0.1, 0.15) is 15.9 Å². The summed E-state index contributed by atoms with van der Waals surface area (Å²) in [5.74, 6) is -0.957. The van der Waals surface area contributed by atoms with Gasteiger partial charge in [-0.25, -0.2) is 13.1 Å². The zero-order valence-corrected chi connectivity index (χ0v) is 19.1. The molecule has 0 spiro atoms. The van der Waals surface area contributed by atoms with Crippen LogP contribution in [-0.4, -0.2) is 26.0 Å². The first kappa shape index (κ1) is 23.8. The summed E-state index contributed by atoms with van der Waals surface area (Å²) in [4.78, 5) is 25.2. The third-order valence-electron chi connectivity index (χ3n) is 4.21. The van der Waals surface area contributed by atoms with E-state index in [-0.39, 0.29) is 22.8 Å². The average molecular weight is 490 g/mol. The van der Waals surface area contributed by atoms with Gasteiger partial charge in [-0.2, -0.15) is 0 Å². The molecule has 0 heterocycles. The maximum atomic E-state index is 12.6. The van der Waals surface area contributed by atoms with Crippen molar-refractivity contribution in [3.63, 3.8) is 0 Å². The van der Waals surface area contributed by atoms with Crippen molar-refractivity contribution in [3.05, 3.63) is 95.0 Å². The molecule has 2 amide bonds. The molecule has 0 saturated carbocycles. The monoisotopic (exact) mass is 489 g/mol. The molecule has 3 N–H and O–H groups in total. The van der Waals surface area contributed by atoms with Gasteiger partial charge < -0.3 is 0 Å². The molecule has 7 nitrogen and oxygen atoms in total. The Hall–Kier alpha value is -2.85. The number of carbonyl (C=O) groups is 2. The van der Waals surface area contributed by atoms with Crippen LogP contribution >= 0.6 is 23.4 Å².